The molecule has 0 heterocycles. The third kappa shape index (κ3) is 5.08. The highest BCUT2D eigenvalue weighted by atomic mass is 32.2. The number of carbonyl (C=O) groups excluding carboxylic acids is 2. The third-order valence-corrected chi connectivity index (χ3v) is 4.05. The third-order valence-electron chi connectivity index (χ3n) is 3.01. The van der Waals surface area contributed by atoms with E-state index in [0.29, 0.717) is 6.07 Å². The monoisotopic (exact) mass is 367 g/mol. The minimum atomic E-state index is -1.18. The summed E-state index contributed by atoms with van der Waals surface area (Å²) >= 11 is 0.898. The number of rotatable bonds is 7. The van der Waals surface area contributed by atoms with Crippen molar-refractivity contribution in [3.63, 3.8) is 0 Å². The van der Waals surface area contributed by atoms with Crippen LogP contribution in [0.4, 0.5) is 14.5 Å². The van der Waals surface area contributed by atoms with Crippen molar-refractivity contribution in [1.82, 2.24) is 0 Å². The second-order valence-corrected chi connectivity index (χ2v) is 5.74. The zero-order chi connectivity index (χ0) is 18.4. The maximum Gasteiger partial charge on any atom is 0.316 e. The Morgan fingerprint density at radius 1 is 1.12 bits per heavy atom. The minimum absolute atomic E-state index is 0.127. The molecule has 0 saturated heterocycles. The van der Waals surface area contributed by atoms with Gasteiger partial charge in [-0.2, -0.15) is 0 Å². The van der Waals surface area contributed by atoms with E-state index in [4.69, 9.17) is 4.74 Å². The van der Waals surface area contributed by atoms with Crippen LogP contribution in [0.2, 0.25) is 0 Å². The largest absolute Gasteiger partial charge is 0.457 e. The highest BCUT2D eigenvalue weighted by Crippen LogP contribution is 2.28. The van der Waals surface area contributed by atoms with Gasteiger partial charge in [-0.15, -0.1) is 11.8 Å². The molecule has 2 rings (SSSR count). The van der Waals surface area contributed by atoms with Gasteiger partial charge in [-0.3, -0.25) is 19.7 Å². The Morgan fingerprint density at radius 2 is 1.84 bits per heavy atom. The Kier molecular flexibility index (Phi) is 6.18. The summed E-state index contributed by atoms with van der Waals surface area (Å²) in [5.41, 5.74) is -0.267. The number of para-hydroxylation sites is 1. The van der Waals surface area contributed by atoms with E-state index in [1.165, 1.54) is 18.2 Å². The lowest BCUT2D eigenvalue weighted by molar-refractivity contribution is -0.387. The van der Waals surface area contributed by atoms with Crippen molar-refractivity contribution in [2.45, 2.75) is 4.90 Å². The fraction of sp³-hybridized carbons (Fsp3) is 0.125. The molecular weight excluding hydrogens is 356 g/mol. The Bertz CT molecular complexity index is 828. The first-order valence-electron chi connectivity index (χ1n) is 6.88. The van der Waals surface area contributed by atoms with E-state index >= 15 is 0 Å². The highest BCUT2D eigenvalue weighted by Gasteiger charge is 2.16. The second-order valence-electron chi connectivity index (χ2n) is 4.73. The van der Waals surface area contributed by atoms with Crippen LogP contribution in [0.15, 0.2) is 47.4 Å². The summed E-state index contributed by atoms with van der Waals surface area (Å²) in [6.45, 7) is -0.638. The molecule has 9 heteroatoms. The summed E-state index contributed by atoms with van der Waals surface area (Å²) < 4.78 is 30.6. The van der Waals surface area contributed by atoms with Gasteiger partial charge in [0.25, 0.3) is 5.69 Å². The van der Waals surface area contributed by atoms with E-state index in [1.54, 1.807) is 6.07 Å². The molecule has 0 aliphatic carbocycles. The number of nitro groups is 1. The fourth-order valence-electron chi connectivity index (χ4n) is 1.81. The van der Waals surface area contributed by atoms with Gasteiger partial charge >= 0.3 is 5.97 Å². The molecule has 0 spiro atoms. The molecule has 6 nitrogen and oxygen atoms in total. The Balaban J connectivity index is 1.88. The van der Waals surface area contributed by atoms with E-state index in [-0.39, 0.29) is 21.9 Å². The van der Waals surface area contributed by atoms with Crippen LogP contribution in [-0.4, -0.2) is 29.0 Å². The first-order valence-corrected chi connectivity index (χ1v) is 7.87. The van der Waals surface area contributed by atoms with E-state index < -0.39 is 34.9 Å². The Labute approximate surface area is 144 Å². The number of carbonyl (C=O) groups is 2. The van der Waals surface area contributed by atoms with Crippen LogP contribution in [0, 0.1) is 21.7 Å². The number of ether oxygens (including phenoxy) is 1. The summed E-state index contributed by atoms with van der Waals surface area (Å²) in [6, 6.07) is 8.48. The number of Topliss-reactive ketones (excluding diaryl/α,β-unsaturated/α-hetero) is 1. The fourth-order valence-corrected chi connectivity index (χ4v) is 2.63. The standard InChI is InChI=1S/C16H11F2NO5S/c17-11-6-5-10(7-12(11)18)14(20)8-24-16(21)9-25-15-4-2-1-3-13(15)19(22)23/h1-7H,8-9H2. The van der Waals surface area contributed by atoms with Crippen molar-refractivity contribution in [3.8, 4) is 0 Å². The molecule has 0 atom stereocenters. The van der Waals surface area contributed by atoms with E-state index in [1.807, 2.05) is 0 Å². The van der Waals surface area contributed by atoms with Crippen LogP contribution in [0.25, 0.3) is 0 Å². The number of benzene rings is 2. The van der Waals surface area contributed by atoms with Gasteiger partial charge in [0, 0.05) is 11.6 Å². The smallest absolute Gasteiger partial charge is 0.316 e. The van der Waals surface area contributed by atoms with Gasteiger partial charge in [-0.05, 0) is 24.3 Å². The lowest BCUT2D eigenvalue weighted by atomic mass is 10.1. The van der Waals surface area contributed by atoms with Crippen LogP contribution in [-0.2, 0) is 9.53 Å². The molecule has 0 bridgehead atoms. The van der Waals surface area contributed by atoms with E-state index in [2.05, 4.69) is 0 Å². The lowest BCUT2D eigenvalue weighted by Crippen LogP contribution is -2.15. The molecule has 0 aliphatic heterocycles. The number of hydrogen-bond donors (Lipinski definition) is 0. The predicted octanol–water partition coefficient (Wildman–Crippen LogP) is 3.39. The van der Waals surface area contributed by atoms with E-state index in [9.17, 15) is 28.5 Å². The molecular formula is C16H11F2NO5S. The zero-order valence-corrected chi connectivity index (χ0v) is 13.4. The number of nitro benzene ring substituents is 1. The maximum absolute atomic E-state index is 13.1. The quantitative estimate of drug-likeness (QED) is 0.245. The molecule has 0 fully saturated rings. The molecule has 130 valence electrons. The first kappa shape index (κ1) is 18.5. The molecule has 0 aliphatic rings. The molecule has 2 aromatic carbocycles. The van der Waals surface area contributed by atoms with Crippen molar-refractivity contribution in [2.75, 3.05) is 12.4 Å². The molecule has 0 radical (unpaired) electrons. The summed E-state index contributed by atoms with van der Waals surface area (Å²) in [5, 5.41) is 10.9. The SMILES string of the molecule is O=C(CSc1ccccc1[N+](=O)[O-])OCC(=O)c1ccc(F)c(F)c1. The van der Waals surface area contributed by atoms with Crippen molar-refractivity contribution in [1.29, 1.82) is 0 Å². The van der Waals surface area contributed by atoms with Gasteiger partial charge in [0.2, 0.25) is 0 Å². The van der Waals surface area contributed by atoms with Gasteiger partial charge < -0.3 is 4.74 Å². The Hall–Kier alpha value is -2.81. The van der Waals surface area contributed by atoms with Gasteiger partial charge in [0.05, 0.1) is 15.6 Å². The number of esters is 1. The lowest BCUT2D eigenvalue weighted by Gasteiger charge is -2.05. The first-order chi connectivity index (χ1) is 11.9. The summed E-state index contributed by atoms with van der Waals surface area (Å²) in [4.78, 5) is 34.0. The average molecular weight is 367 g/mol. The molecule has 0 unspecified atom stereocenters. The second kappa shape index (κ2) is 8.34. The van der Waals surface area contributed by atoms with E-state index in [0.717, 1.165) is 23.9 Å². The van der Waals surface area contributed by atoms with Crippen LogP contribution in [0.3, 0.4) is 0 Å². The predicted molar refractivity (Wildman–Crippen MR) is 85.5 cm³/mol. The van der Waals surface area contributed by atoms with Crippen LogP contribution >= 0.6 is 11.8 Å². The number of halogens is 2. The molecule has 0 N–H and O–H groups in total. The van der Waals surface area contributed by atoms with Gasteiger partial charge in [-0.25, -0.2) is 8.78 Å². The van der Waals surface area contributed by atoms with Crippen molar-refractivity contribution < 1.29 is 28.0 Å². The van der Waals surface area contributed by atoms with Crippen LogP contribution in [0.5, 0.6) is 0 Å². The minimum Gasteiger partial charge on any atom is -0.457 e. The Morgan fingerprint density at radius 3 is 2.52 bits per heavy atom. The van der Waals surface area contributed by atoms with Gasteiger partial charge in [0.1, 0.15) is 0 Å². The molecule has 0 amide bonds. The number of thioether (sulfide) groups is 1. The zero-order valence-electron chi connectivity index (χ0n) is 12.6. The highest BCUT2D eigenvalue weighted by molar-refractivity contribution is 8.00. The molecule has 25 heavy (non-hydrogen) atoms. The molecule has 0 aromatic heterocycles. The topological polar surface area (TPSA) is 86.5 Å². The maximum atomic E-state index is 13.1. The van der Waals surface area contributed by atoms with Gasteiger partial charge in [-0.1, -0.05) is 12.1 Å². The number of hydrogen-bond acceptors (Lipinski definition) is 6. The molecule has 2 aromatic rings. The van der Waals surface area contributed by atoms with Crippen LogP contribution in [0.1, 0.15) is 10.4 Å². The number of ketones is 1. The van der Waals surface area contributed by atoms with Crippen molar-refractivity contribution in [3.05, 3.63) is 69.8 Å². The summed E-state index contributed by atoms with van der Waals surface area (Å²) in [6.07, 6.45) is 0. The van der Waals surface area contributed by atoms with Crippen molar-refractivity contribution in [2.24, 2.45) is 0 Å². The molecule has 0 saturated carbocycles. The van der Waals surface area contributed by atoms with Crippen LogP contribution < -0.4 is 0 Å². The van der Waals surface area contributed by atoms with Crippen molar-refractivity contribution >= 4 is 29.2 Å². The normalized spacial score (nSPS) is 10.3. The average Bonchev–Trinajstić information content (AvgIpc) is 2.60. The summed E-state index contributed by atoms with van der Waals surface area (Å²) in [7, 11) is 0. The van der Waals surface area contributed by atoms with Gasteiger partial charge in [0.15, 0.2) is 24.0 Å². The number of nitrogens with zero attached hydrogens (tertiary/aromatic N) is 1. The summed E-state index contributed by atoms with van der Waals surface area (Å²) in [5.74, 6) is -3.96.